The highest BCUT2D eigenvalue weighted by atomic mass is 32.1. The van der Waals surface area contributed by atoms with Crippen LogP contribution < -0.4 is 0 Å². The second kappa shape index (κ2) is 4.90. The van der Waals surface area contributed by atoms with Crippen molar-refractivity contribution in [2.75, 3.05) is 20.3 Å². The Morgan fingerprint density at radius 2 is 2.56 bits per heavy atom. The van der Waals surface area contributed by atoms with Crippen LogP contribution in [0.1, 0.15) is 5.01 Å². The van der Waals surface area contributed by atoms with Crippen LogP contribution in [0.15, 0.2) is 11.6 Å². The highest BCUT2D eigenvalue weighted by Gasteiger charge is 2.36. The van der Waals surface area contributed by atoms with Gasteiger partial charge in [0.15, 0.2) is 0 Å². The van der Waals surface area contributed by atoms with Gasteiger partial charge in [-0.25, -0.2) is 4.98 Å². The van der Waals surface area contributed by atoms with Crippen molar-refractivity contribution in [3.63, 3.8) is 0 Å². The van der Waals surface area contributed by atoms with E-state index >= 15 is 0 Å². The molecule has 2 rings (SSSR count). The summed E-state index contributed by atoms with van der Waals surface area (Å²) in [5.74, 6) is -1.21. The molecule has 1 aromatic rings. The van der Waals surface area contributed by atoms with Crippen LogP contribution in [-0.2, 0) is 16.1 Å². The summed E-state index contributed by atoms with van der Waals surface area (Å²) < 4.78 is 5.23. The molecule has 1 aromatic heterocycles. The monoisotopic (exact) mass is 242 g/mol. The molecule has 2 unspecified atom stereocenters. The largest absolute Gasteiger partial charge is 0.481 e. The molecule has 0 aliphatic carbocycles. The molecule has 0 saturated carbocycles. The molecule has 2 atom stereocenters. The van der Waals surface area contributed by atoms with Gasteiger partial charge in [-0.15, -0.1) is 11.3 Å². The van der Waals surface area contributed by atoms with E-state index in [1.807, 2.05) is 17.3 Å². The van der Waals surface area contributed by atoms with Crippen LogP contribution in [0.25, 0.3) is 0 Å². The molecule has 88 valence electrons. The van der Waals surface area contributed by atoms with E-state index in [9.17, 15) is 4.79 Å². The van der Waals surface area contributed by atoms with Gasteiger partial charge in [0.25, 0.3) is 0 Å². The van der Waals surface area contributed by atoms with Crippen LogP contribution in [0.3, 0.4) is 0 Å². The number of thiazole rings is 1. The SMILES string of the molecule is CN(Cc1nccs1)C1COCC1C(=O)O. The highest BCUT2D eigenvalue weighted by molar-refractivity contribution is 7.09. The second-order valence-corrected chi connectivity index (χ2v) is 4.87. The van der Waals surface area contributed by atoms with Crippen LogP contribution in [0.5, 0.6) is 0 Å². The van der Waals surface area contributed by atoms with Crippen molar-refractivity contribution in [2.45, 2.75) is 12.6 Å². The maximum atomic E-state index is 11.0. The summed E-state index contributed by atoms with van der Waals surface area (Å²) in [6, 6.07) is -0.0543. The first-order valence-electron chi connectivity index (χ1n) is 5.07. The molecule has 1 N–H and O–H groups in total. The van der Waals surface area contributed by atoms with Gasteiger partial charge >= 0.3 is 5.97 Å². The average Bonchev–Trinajstić information content (AvgIpc) is 2.86. The lowest BCUT2D eigenvalue weighted by molar-refractivity contribution is -0.143. The number of carboxylic acids is 1. The molecule has 0 bridgehead atoms. The summed E-state index contributed by atoms with van der Waals surface area (Å²) in [5.41, 5.74) is 0. The van der Waals surface area contributed by atoms with E-state index in [0.717, 1.165) is 5.01 Å². The van der Waals surface area contributed by atoms with Crippen LogP contribution >= 0.6 is 11.3 Å². The average molecular weight is 242 g/mol. The zero-order valence-corrected chi connectivity index (χ0v) is 9.81. The number of likely N-dealkylation sites (N-methyl/N-ethyl adjacent to an activating group) is 1. The Hall–Kier alpha value is -0.980. The zero-order valence-electron chi connectivity index (χ0n) is 9.00. The molecule has 6 heteroatoms. The Kier molecular flexibility index (Phi) is 3.52. The number of nitrogens with zero attached hydrogens (tertiary/aromatic N) is 2. The Morgan fingerprint density at radius 3 is 3.19 bits per heavy atom. The molecule has 0 radical (unpaired) electrons. The Labute approximate surface area is 97.7 Å². The van der Waals surface area contributed by atoms with Gasteiger partial charge in [0, 0.05) is 17.6 Å². The van der Waals surface area contributed by atoms with Crippen molar-refractivity contribution in [3.8, 4) is 0 Å². The lowest BCUT2D eigenvalue weighted by Gasteiger charge is -2.24. The molecule has 1 fully saturated rings. The quantitative estimate of drug-likeness (QED) is 0.841. The van der Waals surface area contributed by atoms with Crippen LogP contribution in [0.2, 0.25) is 0 Å². The molecule has 0 spiro atoms. The third-order valence-electron chi connectivity index (χ3n) is 2.80. The molecule has 1 saturated heterocycles. The van der Waals surface area contributed by atoms with Crippen LogP contribution in [-0.4, -0.2) is 47.3 Å². The smallest absolute Gasteiger partial charge is 0.310 e. The number of hydrogen-bond donors (Lipinski definition) is 1. The minimum atomic E-state index is -0.784. The maximum absolute atomic E-state index is 11.0. The fourth-order valence-corrected chi connectivity index (χ4v) is 2.55. The van der Waals surface area contributed by atoms with Gasteiger partial charge in [-0.3, -0.25) is 9.69 Å². The molecular formula is C10H14N2O3S. The first-order chi connectivity index (χ1) is 7.68. The van der Waals surface area contributed by atoms with Gasteiger partial charge in [-0.2, -0.15) is 0 Å². The second-order valence-electron chi connectivity index (χ2n) is 3.89. The predicted octanol–water partition coefficient (Wildman–Crippen LogP) is 0.674. The standard InChI is InChI=1S/C10H14N2O3S/c1-12(4-9-11-2-3-16-9)8-6-15-5-7(8)10(13)14/h2-3,7-8H,4-6H2,1H3,(H,13,14). The lowest BCUT2D eigenvalue weighted by Crippen LogP contribution is -2.40. The van der Waals surface area contributed by atoms with Crippen molar-refractivity contribution >= 4 is 17.3 Å². The summed E-state index contributed by atoms with van der Waals surface area (Å²) in [6.45, 7) is 1.47. The van der Waals surface area contributed by atoms with E-state index in [1.54, 1.807) is 17.5 Å². The summed E-state index contributed by atoms with van der Waals surface area (Å²) in [5, 5.41) is 12.0. The fourth-order valence-electron chi connectivity index (χ4n) is 1.87. The van der Waals surface area contributed by atoms with Crippen LogP contribution in [0, 0.1) is 5.92 Å². The molecule has 16 heavy (non-hydrogen) atoms. The van der Waals surface area contributed by atoms with Gasteiger partial charge in [0.2, 0.25) is 0 Å². The van der Waals surface area contributed by atoms with Crippen molar-refractivity contribution in [1.29, 1.82) is 0 Å². The molecule has 2 heterocycles. The van der Waals surface area contributed by atoms with Gasteiger partial charge in [-0.1, -0.05) is 0 Å². The molecule has 0 aromatic carbocycles. The Balaban J connectivity index is 1.98. The normalized spacial score (nSPS) is 25.1. The van der Waals surface area contributed by atoms with Gasteiger partial charge in [0.1, 0.15) is 5.01 Å². The Morgan fingerprint density at radius 1 is 1.75 bits per heavy atom. The highest BCUT2D eigenvalue weighted by Crippen LogP contribution is 2.21. The molecular weight excluding hydrogens is 228 g/mol. The van der Waals surface area contributed by atoms with Crippen molar-refractivity contribution in [1.82, 2.24) is 9.88 Å². The number of carboxylic acid groups (broad SMARTS) is 1. The minimum absolute atomic E-state index is 0.0543. The predicted molar refractivity (Wildman–Crippen MR) is 59.3 cm³/mol. The van der Waals surface area contributed by atoms with Crippen molar-refractivity contribution in [3.05, 3.63) is 16.6 Å². The molecule has 1 aliphatic heterocycles. The van der Waals surface area contributed by atoms with E-state index in [1.165, 1.54) is 0 Å². The Bertz CT molecular complexity index is 355. The maximum Gasteiger partial charge on any atom is 0.310 e. The first-order valence-corrected chi connectivity index (χ1v) is 5.95. The van der Waals surface area contributed by atoms with Gasteiger partial charge < -0.3 is 9.84 Å². The number of rotatable bonds is 4. The molecule has 1 aliphatic rings. The topological polar surface area (TPSA) is 62.7 Å². The van der Waals surface area contributed by atoms with Gasteiger partial charge in [0.05, 0.1) is 25.7 Å². The van der Waals surface area contributed by atoms with Crippen molar-refractivity contribution < 1.29 is 14.6 Å². The number of carbonyl (C=O) groups is 1. The van der Waals surface area contributed by atoms with Gasteiger partial charge in [-0.05, 0) is 7.05 Å². The minimum Gasteiger partial charge on any atom is -0.481 e. The van der Waals surface area contributed by atoms with Crippen molar-refractivity contribution in [2.24, 2.45) is 5.92 Å². The number of aliphatic carboxylic acids is 1. The third-order valence-corrected chi connectivity index (χ3v) is 3.57. The number of ether oxygens (including phenoxy) is 1. The summed E-state index contributed by atoms with van der Waals surface area (Å²) in [4.78, 5) is 17.2. The zero-order chi connectivity index (χ0) is 11.5. The van der Waals surface area contributed by atoms with Crippen LogP contribution in [0.4, 0.5) is 0 Å². The number of aromatic nitrogens is 1. The molecule has 5 nitrogen and oxygen atoms in total. The van der Waals surface area contributed by atoms with E-state index in [-0.39, 0.29) is 6.04 Å². The van der Waals surface area contributed by atoms with E-state index in [4.69, 9.17) is 9.84 Å². The third kappa shape index (κ3) is 2.40. The van der Waals surface area contributed by atoms with E-state index in [2.05, 4.69) is 4.98 Å². The summed E-state index contributed by atoms with van der Waals surface area (Å²) in [7, 11) is 1.91. The summed E-state index contributed by atoms with van der Waals surface area (Å²) >= 11 is 1.58. The number of hydrogen-bond acceptors (Lipinski definition) is 5. The van der Waals surface area contributed by atoms with E-state index in [0.29, 0.717) is 19.8 Å². The lowest BCUT2D eigenvalue weighted by atomic mass is 10.0. The summed E-state index contributed by atoms with van der Waals surface area (Å²) in [6.07, 6.45) is 1.76. The molecule has 0 amide bonds. The fraction of sp³-hybridized carbons (Fsp3) is 0.600. The first kappa shape index (κ1) is 11.5. The van der Waals surface area contributed by atoms with E-state index < -0.39 is 11.9 Å².